The number of hydrogen-bond acceptors (Lipinski definition) is 4. The first-order valence-corrected chi connectivity index (χ1v) is 8.58. The lowest BCUT2D eigenvalue weighted by Crippen LogP contribution is -2.47. The van der Waals surface area contributed by atoms with Crippen LogP contribution in [0.1, 0.15) is 11.3 Å². The highest BCUT2D eigenvalue weighted by Crippen LogP contribution is 2.27. The Kier molecular flexibility index (Phi) is 7.28. The molecule has 0 radical (unpaired) electrons. The Hall–Kier alpha value is -2.74. The van der Waals surface area contributed by atoms with Crippen molar-refractivity contribution in [3.8, 4) is 11.5 Å². The van der Waals surface area contributed by atoms with E-state index < -0.39 is 0 Å². The number of aromatic nitrogens is 1. The van der Waals surface area contributed by atoms with Gasteiger partial charge >= 0.3 is 0 Å². The summed E-state index contributed by atoms with van der Waals surface area (Å²) in [6.07, 6.45) is 2.93. The van der Waals surface area contributed by atoms with Crippen LogP contribution in [0.5, 0.6) is 11.5 Å². The molecule has 0 aliphatic heterocycles. The van der Waals surface area contributed by atoms with Gasteiger partial charge in [-0.1, -0.05) is 6.07 Å². The first kappa shape index (κ1) is 19.6. The highest BCUT2D eigenvalue weighted by Gasteiger charge is 2.07. The van der Waals surface area contributed by atoms with Crippen LogP contribution >= 0.6 is 12.2 Å². The summed E-state index contributed by atoms with van der Waals surface area (Å²) < 4.78 is 12.4. The van der Waals surface area contributed by atoms with E-state index in [1.807, 2.05) is 48.1 Å². The van der Waals surface area contributed by atoms with Crippen LogP contribution in [0, 0.1) is 0 Å². The van der Waals surface area contributed by atoms with Crippen molar-refractivity contribution in [2.75, 3.05) is 20.8 Å². The van der Waals surface area contributed by atoms with Crippen LogP contribution < -0.4 is 25.6 Å². The summed E-state index contributed by atoms with van der Waals surface area (Å²) in [4.78, 5) is 11.9. The zero-order valence-electron chi connectivity index (χ0n) is 15.2. The van der Waals surface area contributed by atoms with Crippen LogP contribution in [0.3, 0.4) is 0 Å². The minimum atomic E-state index is -0.157. The summed E-state index contributed by atoms with van der Waals surface area (Å²) in [5.41, 5.74) is 7.31. The van der Waals surface area contributed by atoms with E-state index in [9.17, 15) is 4.79 Å². The Morgan fingerprint density at radius 1 is 1.15 bits per heavy atom. The van der Waals surface area contributed by atoms with E-state index in [4.69, 9.17) is 21.7 Å². The van der Waals surface area contributed by atoms with Gasteiger partial charge in [0.05, 0.1) is 20.6 Å². The van der Waals surface area contributed by atoms with Crippen molar-refractivity contribution in [1.82, 2.24) is 20.7 Å². The van der Waals surface area contributed by atoms with E-state index in [1.54, 1.807) is 14.2 Å². The van der Waals surface area contributed by atoms with E-state index in [-0.39, 0.29) is 12.3 Å². The number of methoxy groups -OCH3 is 2. The lowest BCUT2D eigenvalue weighted by Gasteiger charge is -2.13. The topological polar surface area (TPSA) is 76.5 Å². The second kappa shape index (κ2) is 9.67. The van der Waals surface area contributed by atoms with Gasteiger partial charge in [-0.05, 0) is 48.5 Å². The molecular weight excluding hydrogens is 352 g/mol. The first-order valence-electron chi connectivity index (χ1n) is 8.17. The molecule has 0 saturated carbocycles. The van der Waals surface area contributed by atoms with Crippen LogP contribution in [0.15, 0.2) is 36.5 Å². The Labute approximate surface area is 158 Å². The molecule has 0 atom stereocenters. The Morgan fingerprint density at radius 3 is 2.58 bits per heavy atom. The summed E-state index contributed by atoms with van der Waals surface area (Å²) in [6, 6.07) is 9.57. The Bertz CT molecular complexity index is 761. The molecule has 0 aliphatic carbocycles. The molecule has 0 aliphatic rings. The maximum Gasteiger partial charge on any atom is 0.244 e. The first-order chi connectivity index (χ1) is 12.5. The predicted molar refractivity (Wildman–Crippen MR) is 104 cm³/mol. The average Bonchev–Trinajstić information content (AvgIpc) is 3.04. The summed E-state index contributed by atoms with van der Waals surface area (Å²) in [5, 5.41) is 3.42. The van der Waals surface area contributed by atoms with E-state index in [0.717, 1.165) is 17.7 Å². The quantitative estimate of drug-likeness (QED) is 0.500. The standard InChI is InChI=1S/C18H24N4O3S/c1-22-10-4-5-14(22)12-17(23)20-21-18(26)19-9-8-13-6-7-15(24-2)16(11-13)25-3/h4-7,10-11H,8-9,12H2,1-3H3,(H,20,23)(H2,19,21,26). The van der Waals surface area contributed by atoms with Crippen LogP contribution in [0.2, 0.25) is 0 Å². The maximum atomic E-state index is 11.9. The molecule has 1 heterocycles. The van der Waals surface area contributed by atoms with Crippen molar-refractivity contribution in [3.05, 3.63) is 47.8 Å². The summed E-state index contributed by atoms with van der Waals surface area (Å²) in [7, 11) is 5.11. The second-order valence-corrected chi connectivity index (χ2v) is 6.06. The molecule has 0 bridgehead atoms. The van der Waals surface area contributed by atoms with Crippen molar-refractivity contribution in [3.63, 3.8) is 0 Å². The van der Waals surface area contributed by atoms with Gasteiger partial charge in [0.2, 0.25) is 5.91 Å². The SMILES string of the molecule is COc1ccc(CCNC(=S)NNC(=O)Cc2cccn2C)cc1OC. The number of carbonyl (C=O) groups excluding carboxylic acids is 1. The van der Waals surface area contributed by atoms with Crippen LogP contribution in [-0.2, 0) is 24.7 Å². The minimum Gasteiger partial charge on any atom is -0.493 e. The minimum absolute atomic E-state index is 0.157. The average molecular weight is 376 g/mol. The summed E-state index contributed by atoms with van der Waals surface area (Å²) in [6.45, 7) is 0.620. The molecule has 0 saturated heterocycles. The van der Waals surface area contributed by atoms with Gasteiger partial charge in [-0.15, -0.1) is 0 Å². The number of benzene rings is 1. The third-order valence-corrected chi connectivity index (χ3v) is 4.10. The molecule has 140 valence electrons. The van der Waals surface area contributed by atoms with Crippen LogP contribution in [0.25, 0.3) is 0 Å². The van der Waals surface area contributed by atoms with Crippen molar-refractivity contribution in [1.29, 1.82) is 0 Å². The molecule has 2 aromatic rings. The molecule has 0 spiro atoms. The largest absolute Gasteiger partial charge is 0.493 e. The molecule has 26 heavy (non-hydrogen) atoms. The van der Waals surface area contributed by atoms with Crippen LogP contribution in [0.4, 0.5) is 0 Å². The van der Waals surface area contributed by atoms with Gasteiger partial charge in [-0.2, -0.15) is 0 Å². The van der Waals surface area contributed by atoms with Gasteiger partial charge in [0, 0.05) is 25.5 Å². The molecule has 8 heteroatoms. The van der Waals surface area contributed by atoms with Crippen molar-refractivity contribution < 1.29 is 14.3 Å². The molecule has 1 aromatic carbocycles. The highest BCUT2D eigenvalue weighted by atomic mass is 32.1. The highest BCUT2D eigenvalue weighted by molar-refractivity contribution is 7.80. The molecule has 1 aromatic heterocycles. The third kappa shape index (κ3) is 5.66. The second-order valence-electron chi connectivity index (χ2n) is 5.66. The maximum absolute atomic E-state index is 11.9. The predicted octanol–water partition coefficient (Wildman–Crippen LogP) is 1.32. The fourth-order valence-electron chi connectivity index (χ4n) is 2.42. The normalized spacial score (nSPS) is 10.1. The fraction of sp³-hybridized carbons (Fsp3) is 0.333. The monoisotopic (exact) mass is 376 g/mol. The molecular formula is C18H24N4O3S. The number of hydrazine groups is 1. The number of hydrogen-bond donors (Lipinski definition) is 3. The van der Waals surface area contributed by atoms with E-state index in [0.29, 0.717) is 23.2 Å². The van der Waals surface area contributed by atoms with Crippen molar-refractivity contribution >= 4 is 23.2 Å². The third-order valence-electron chi connectivity index (χ3n) is 3.86. The number of carbonyl (C=O) groups is 1. The van der Waals surface area contributed by atoms with E-state index in [2.05, 4.69) is 16.2 Å². The van der Waals surface area contributed by atoms with Gasteiger partial charge in [0.1, 0.15) is 0 Å². The molecule has 3 N–H and O–H groups in total. The number of nitrogens with zero attached hydrogens (tertiary/aromatic N) is 1. The zero-order valence-corrected chi connectivity index (χ0v) is 16.0. The van der Waals surface area contributed by atoms with Gasteiger partial charge < -0.3 is 19.4 Å². The molecule has 2 rings (SSSR count). The molecule has 0 fully saturated rings. The summed E-state index contributed by atoms with van der Waals surface area (Å²) >= 11 is 5.16. The smallest absolute Gasteiger partial charge is 0.244 e. The number of aryl methyl sites for hydroxylation is 1. The van der Waals surface area contributed by atoms with Crippen molar-refractivity contribution in [2.45, 2.75) is 12.8 Å². The van der Waals surface area contributed by atoms with Gasteiger partial charge in [-0.25, -0.2) is 0 Å². The number of nitrogens with one attached hydrogen (secondary N) is 3. The van der Waals surface area contributed by atoms with Gasteiger partial charge in [0.25, 0.3) is 0 Å². The van der Waals surface area contributed by atoms with E-state index >= 15 is 0 Å². The Balaban J connectivity index is 1.70. The lowest BCUT2D eigenvalue weighted by atomic mass is 10.1. The number of amides is 1. The van der Waals surface area contributed by atoms with E-state index in [1.165, 1.54) is 0 Å². The molecule has 1 amide bonds. The number of ether oxygens (including phenoxy) is 2. The molecule has 7 nitrogen and oxygen atoms in total. The van der Waals surface area contributed by atoms with Gasteiger partial charge in [0.15, 0.2) is 16.6 Å². The van der Waals surface area contributed by atoms with Gasteiger partial charge in [-0.3, -0.25) is 15.6 Å². The van der Waals surface area contributed by atoms with Crippen LogP contribution in [-0.4, -0.2) is 36.4 Å². The Morgan fingerprint density at radius 2 is 1.92 bits per heavy atom. The lowest BCUT2D eigenvalue weighted by molar-refractivity contribution is -0.121. The van der Waals surface area contributed by atoms with Crippen molar-refractivity contribution in [2.24, 2.45) is 7.05 Å². The number of thiocarbonyl (C=S) groups is 1. The summed E-state index contributed by atoms with van der Waals surface area (Å²) in [5.74, 6) is 1.23. The zero-order chi connectivity index (χ0) is 18.9. The number of rotatable bonds is 7. The fourth-order valence-corrected chi connectivity index (χ4v) is 2.57. The molecule has 0 unspecified atom stereocenters.